The van der Waals surface area contributed by atoms with Gasteiger partial charge in [0.05, 0.1) is 16.9 Å². The third kappa shape index (κ3) is 2.56. The van der Waals surface area contributed by atoms with Gasteiger partial charge in [0.1, 0.15) is 0 Å². The van der Waals surface area contributed by atoms with Crippen molar-refractivity contribution in [1.29, 1.82) is 0 Å². The number of rotatable bonds is 3. The van der Waals surface area contributed by atoms with Crippen molar-refractivity contribution in [3.63, 3.8) is 0 Å². The van der Waals surface area contributed by atoms with Gasteiger partial charge in [-0.2, -0.15) is 0 Å². The molecule has 0 amide bonds. The summed E-state index contributed by atoms with van der Waals surface area (Å²) in [5.74, 6) is 1.71. The fourth-order valence-electron chi connectivity index (χ4n) is 4.29. The molecule has 3 atom stereocenters. The van der Waals surface area contributed by atoms with Crippen molar-refractivity contribution < 1.29 is 0 Å². The van der Waals surface area contributed by atoms with Crippen LogP contribution in [0.4, 0.5) is 11.4 Å². The Hall–Kier alpha value is -1.09. The summed E-state index contributed by atoms with van der Waals surface area (Å²) in [5.41, 5.74) is 9.93. The van der Waals surface area contributed by atoms with E-state index >= 15 is 0 Å². The molecular formula is C17H24N2S. The highest BCUT2D eigenvalue weighted by atomic mass is 32.1. The first-order valence-corrected chi connectivity index (χ1v) is 8.36. The van der Waals surface area contributed by atoms with Crippen molar-refractivity contribution in [2.24, 2.45) is 11.8 Å². The van der Waals surface area contributed by atoms with E-state index in [0.717, 1.165) is 23.2 Å². The number of hydrogen-bond donors (Lipinski definition) is 1. The first-order chi connectivity index (χ1) is 9.81. The van der Waals surface area contributed by atoms with Gasteiger partial charge in [-0.1, -0.05) is 56.5 Å². The molecule has 1 aromatic rings. The third-order valence-corrected chi connectivity index (χ3v) is 5.45. The van der Waals surface area contributed by atoms with Crippen LogP contribution in [0, 0.1) is 11.8 Å². The molecule has 0 heterocycles. The summed E-state index contributed by atoms with van der Waals surface area (Å²) < 4.78 is 0. The molecule has 2 aliphatic carbocycles. The lowest BCUT2D eigenvalue weighted by atomic mass is 9.68. The van der Waals surface area contributed by atoms with Gasteiger partial charge in [0.25, 0.3) is 0 Å². The van der Waals surface area contributed by atoms with Crippen LogP contribution in [-0.4, -0.2) is 11.5 Å². The molecule has 2 nitrogen and oxygen atoms in total. The van der Waals surface area contributed by atoms with E-state index in [9.17, 15) is 0 Å². The second kappa shape index (κ2) is 6.13. The van der Waals surface area contributed by atoms with Gasteiger partial charge in [-0.3, -0.25) is 0 Å². The molecule has 0 radical (unpaired) electrons. The lowest BCUT2D eigenvalue weighted by Crippen LogP contribution is -2.46. The minimum absolute atomic E-state index is 0.552. The lowest BCUT2D eigenvalue weighted by molar-refractivity contribution is 0.148. The van der Waals surface area contributed by atoms with Crippen LogP contribution >= 0.6 is 12.2 Å². The van der Waals surface area contributed by atoms with E-state index < -0.39 is 0 Å². The van der Waals surface area contributed by atoms with Crippen LogP contribution in [0.2, 0.25) is 0 Å². The van der Waals surface area contributed by atoms with Gasteiger partial charge in [0.15, 0.2) is 0 Å². The Morgan fingerprint density at radius 3 is 2.60 bits per heavy atom. The monoisotopic (exact) mass is 288 g/mol. The number of para-hydroxylation sites is 2. The van der Waals surface area contributed by atoms with Crippen molar-refractivity contribution in [2.75, 3.05) is 10.6 Å². The van der Waals surface area contributed by atoms with Crippen molar-refractivity contribution in [3.05, 3.63) is 24.3 Å². The van der Waals surface area contributed by atoms with Crippen molar-refractivity contribution in [1.82, 2.24) is 0 Å². The zero-order chi connectivity index (χ0) is 13.9. The largest absolute Gasteiger partial charge is 0.397 e. The average Bonchev–Trinajstić information content (AvgIpc) is 2.50. The highest BCUT2D eigenvalue weighted by Gasteiger charge is 2.37. The van der Waals surface area contributed by atoms with E-state index in [1.807, 2.05) is 17.6 Å². The molecular weight excluding hydrogens is 264 g/mol. The van der Waals surface area contributed by atoms with Gasteiger partial charge >= 0.3 is 0 Å². The van der Waals surface area contributed by atoms with Crippen molar-refractivity contribution >= 4 is 29.1 Å². The van der Waals surface area contributed by atoms with E-state index in [4.69, 9.17) is 18.0 Å². The summed E-state index contributed by atoms with van der Waals surface area (Å²) in [7, 11) is 0. The Morgan fingerprint density at radius 1 is 1.05 bits per heavy atom. The molecule has 0 spiro atoms. The molecule has 2 aliphatic rings. The number of fused-ring (bicyclic) bond motifs is 1. The predicted molar refractivity (Wildman–Crippen MR) is 90.1 cm³/mol. The van der Waals surface area contributed by atoms with Gasteiger partial charge in [0.2, 0.25) is 0 Å². The molecule has 0 saturated heterocycles. The molecule has 0 aliphatic heterocycles. The molecule has 2 saturated carbocycles. The van der Waals surface area contributed by atoms with Crippen LogP contribution in [0.25, 0.3) is 0 Å². The Bertz CT molecular complexity index is 472. The fourth-order valence-corrected chi connectivity index (χ4v) is 4.56. The topological polar surface area (TPSA) is 29.3 Å². The van der Waals surface area contributed by atoms with E-state index in [2.05, 4.69) is 17.0 Å². The smallest absolute Gasteiger partial charge is 0.0688 e. The Morgan fingerprint density at radius 2 is 1.80 bits per heavy atom. The Balaban J connectivity index is 1.88. The van der Waals surface area contributed by atoms with Crippen LogP contribution < -0.4 is 10.6 Å². The quantitative estimate of drug-likeness (QED) is 0.660. The van der Waals surface area contributed by atoms with Crippen molar-refractivity contribution in [2.45, 2.75) is 51.0 Å². The Labute approximate surface area is 127 Å². The zero-order valence-electron chi connectivity index (χ0n) is 12.0. The van der Waals surface area contributed by atoms with E-state index in [-0.39, 0.29) is 0 Å². The average molecular weight is 288 g/mol. The fraction of sp³-hybridized carbons (Fsp3) is 0.588. The zero-order valence-corrected chi connectivity index (χ0v) is 12.8. The molecule has 3 unspecified atom stereocenters. The molecule has 20 heavy (non-hydrogen) atoms. The molecule has 2 fully saturated rings. The van der Waals surface area contributed by atoms with Crippen LogP contribution in [0.15, 0.2) is 24.3 Å². The van der Waals surface area contributed by atoms with Crippen LogP contribution in [0.5, 0.6) is 0 Å². The number of nitrogens with zero attached hydrogens (tertiary/aromatic N) is 1. The van der Waals surface area contributed by atoms with E-state index in [0.29, 0.717) is 6.04 Å². The first kappa shape index (κ1) is 13.9. The maximum Gasteiger partial charge on any atom is 0.0688 e. The maximum absolute atomic E-state index is 6.16. The van der Waals surface area contributed by atoms with Gasteiger partial charge in [-0.05, 0) is 36.8 Å². The lowest BCUT2D eigenvalue weighted by Gasteiger charge is -2.45. The highest BCUT2D eigenvalue weighted by molar-refractivity contribution is 7.79. The molecule has 1 aromatic carbocycles. The second-order valence-electron chi connectivity index (χ2n) is 6.28. The number of nitrogens with two attached hydrogens (primary N) is 1. The number of thiocarbonyl (C=S) groups is 1. The number of hydrogen-bond acceptors (Lipinski definition) is 2. The predicted octanol–water partition coefficient (Wildman–Crippen LogP) is 4.39. The van der Waals surface area contributed by atoms with Crippen LogP contribution in [0.1, 0.15) is 44.9 Å². The summed E-state index contributed by atoms with van der Waals surface area (Å²) in [6.45, 7) is 0. The first-order valence-electron chi connectivity index (χ1n) is 7.89. The molecule has 0 aromatic heterocycles. The standard InChI is InChI=1S/C17H24N2S/c18-15-9-3-4-10-17(15)19(12-20)16-11-5-7-13-6-1-2-8-14(13)16/h3-4,9-10,12-14,16H,1-2,5-8,11,18H2. The second-order valence-corrected chi connectivity index (χ2v) is 6.49. The number of nitrogen functional groups attached to an aromatic ring is 1. The maximum atomic E-state index is 6.16. The highest BCUT2D eigenvalue weighted by Crippen LogP contribution is 2.43. The summed E-state index contributed by atoms with van der Waals surface area (Å²) in [6.07, 6.45) is 9.57. The normalized spacial score (nSPS) is 29.5. The minimum Gasteiger partial charge on any atom is -0.397 e. The molecule has 2 N–H and O–H groups in total. The molecule has 108 valence electrons. The Kier molecular flexibility index (Phi) is 4.25. The number of benzene rings is 1. The summed E-state index contributed by atoms with van der Waals surface area (Å²) >= 11 is 5.34. The van der Waals surface area contributed by atoms with Gasteiger partial charge < -0.3 is 10.6 Å². The van der Waals surface area contributed by atoms with Gasteiger partial charge in [0, 0.05) is 6.04 Å². The molecule has 0 bridgehead atoms. The van der Waals surface area contributed by atoms with Crippen molar-refractivity contribution in [3.8, 4) is 0 Å². The summed E-state index contributed by atoms with van der Waals surface area (Å²) in [5, 5.41) is 0. The summed E-state index contributed by atoms with van der Waals surface area (Å²) in [6, 6.07) is 8.67. The minimum atomic E-state index is 0.552. The van der Waals surface area contributed by atoms with Gasteiger partial charge in [-0.25, -0.2) is 0 Å². The van der Waals surface area contributed by atoms with Gasteiger partial charge in [-0.15, -0.1) is 0 Å². The SMILES string of the molecule is Nc1ccccc1N(C=S)C1CCCC2CCCCC21. The van der Waals surface area contributed by atoms with Crippen LogP contribution in [-0.2, 0) is 0 Å². The molecule has 3 rings (SSSR count). The number of anilines is 2. The summed E-state index contributed by atoms with van der Waals surface area (Å²) in [4.78, 5) is 2.28. The third-order valence-electron chi connectivity index (χ3n) is 5.22. The molecule has 3 heteroatoms. The van der Waals surface area contributed by atoms with E-state index in [1.165, 1.54) is 44.9 Å². The van der Waals surface area contributed by atoms with Crippen LogP contribution in [0.3, 0.4) is 0 Å². The van der Waals surface area contributed by atoms with E-state index in [1.54, 1.807) is 0 Å².